The monoisotopic (exact) mass is 227 g/mol. The maximum absolute atomic E-state index is 5.14. The standard InChI is InChI=1S/C10H17N3OS/c1-15-7-9-12-10(14-13-9)6-11-8-4-2-3-5-8/h8,11H,2-7H2,1H3. The molecule has 0 aromatic carbocycles. The zero-order valence-electron chi connectivity index (χ0n) is 9.03. The average Bonchev–Trinajstić information content (AvgIpc) is 2.85. The molecule has 1 saturated carbocycles. The Kier molecular flexibility index (Phi) is 4.02. The van der Waals surface area contributed by atoms with E-state index in [9.17, 15) is 0 Å². The second kappa shape index (κ2) is 5.51. The first-order valence-corrected chi connectivity index (χ1v) is 6.81. The molecule has 4 nitrogen and oxygen atoms in total. The summed E-state index contributed by atoms with van der Waals surface area (Å²) in [6.07, 6.45) is 7.29. The van der Waals surface area contributed by atoms with Gasteiger partial charge in [0.25, 0.3) is 0 Å². The van der Waals surface area contributed by atoms with Crippen molar-refractivity contribution >= 4 is 11.8 Å². The third-order valence-corrected chi connectivity index (χ3v) is 3.23. The fourth-order valence-electron chi connectivity index (χ4n) is 1.91. The number of nitrogens with one attached hydrogen (secondary N) is 1. The molecule has 15 heavy (non-hydrogen) atoms. The molecule has 1 fully saturated rings. The van der Waals surface area contributed by atoms with E-state index in [1.807, 2.05) is 6.26 Å². The normalized spacial score (nSPS) is 17.4. The number of nitrogens with zero attached hydrogens (tertiary/aromatic N) is 2. The van der Waals surface area contributed by atoms with E-state index in [1.165, 1.54) is 25.7 Å². The molecule has 0 bridgehead atoms. The van der Waals surface area contributed by atoms with Gasteiger partial charge >= 0.3 is 0 Å². The SMILES string of the molecule is CSCc1noc(CNC2CCCC2)n1. The Morgan fingerprint density at radius 2 is 2.27 bits per heavy atom. The van der Waals surface area contributed by atoms with Crippen LogP contribution in [0.5, 0.6) is 0 Å². The highest BCUT2D eigenvalue weighted by molar-refractivity contribution is 7.97. The van der Waals surface area contributed by atoms with E-state index in [2.05, 4.69) is 15.5 Å². The molecule has 1 N–H and O–H groups in total. The van der Waals surface area contributed by atoms with E-state index in [1.54, 1.807) is 11.8 Å². The number of hydrogen-bond acceptors (Lipinski definition) is 5. The Balaban J connectivity index is 1.77. The zero-order valence-corrected chi connectivity index (χ0v) is 9.85. The van der Waals surface area contributed by atoms with Crippen molar-refractivity contribution in [2.75, 3.05) is 6.26 Å². The van der Waals surface area contributed by atoms with Crippen molar-refractivity contribution in [1.29, 1.82) is 0 Å². The van der Waals surface area contributed by atoms with Crippen LogP contribution in [0.4, 0.5) is 0 Å². The molecule has 0 saturated heterocycles. The summed E-state index contributed by atoms with van der Waals surface area (Å²) in [6.45, 7) is 0.714. The largest absolute Gasteiger partial charge is 0.338 e. The van der Waals surface area contributed by atoms with Crippen molar-refractivity contribution in [3.05, 3.63) is 11.7 Å². The van der Waals surface area contributed by atoms with E-state index in [-0.39, 0.29) is 0 Å². The predicted molar refractivity (Wildman–Crippen MR) is 60.6 cm³/mol. The summed E-state index contributed by atoms with van der Waals surface area (Å²) in [6, 6.07) is 0.654. The van der Waals surface area contributed by atoms with Gasteiger partial charge in [-0.2, -0.15) is 16.7 Å². The maximum atomic E-state index is 5.14. The van der Waals surface area contributed by atoms with Gasteiger partial charge in [0.15, 0.2) is 5.82 Å². The molecule has 0 spiro atoms. The average molecular weight is 227 g/mol. The van der Waals surface area contributed by atoms with E-state index < -0.39 is 0 Å². The van der Waals surface area contributed by atoms with Gasteiger partial charge in [0.2, 0.25) is 5.89 Å². The molecule has 1 aromatic rings. The third kappa shape index (κ3) is 3.21. The first-order valence-electron chi connectivity index (χ1n) is 5.42. The molecule has 84 valence electrons. The lowest BCUT2D eigenvalue weighted by molar-refractivity contribution is 0.354. The Bertz CT molecular complexity index is 297. The van der Waals surface area contributed by atoms with Gasteiger partial charge in [0.05, 0.1) is 12.3 Å². The highest BCUT2D eigenvalue weighted by atomic mass is 32.2. The van der Waals surface area contributed by atoms with Crippen LogP contribution in [0.25, 0.3) is 0 Å². The van der Waals surface area contributed by atoms with Crippen molar-refractivity contribution in [1.82, 2.24) is 15.5 Å². The van der Waals surface area contributed by atoms with Crippen LogP contribution in [-0.2, 0) is 12.3 Å². The number of hydrogen-bond donors (Lipinski definition) is 1. The predicted octanol–water partition coefficient (Wildman–Crippen LogP) is 1.96. The van der Waals surface area contributed by atoms with Crippen molar-refractivity contribution in [2.45, 2.75) is 44.0 Å². The van der Waals surface area contributed by atoms with Gasteiger partial charge in [0, 0.05) is 6.04 Å². The Labute approximate surface area is 94.2 Å². The second-order valence-corrected chi connectivity index (χ2v) is 4.77. The molecular weight excluding hydrogens is 210 g/mol. The van der Waals surface area contributed by atoms with Gasteiger partial charge in [-0.3, -0.25) is 0 Å². The van der Waals surface area contributed by atoms with E-state index >= 15 is 0 Å². The zero-order chi connectivity index (χ0) is 10.5. The van der Waals surface area contributed by atoms with Crippen LogP contribution in [0, 0.1) is 0 Å². The van der Waals surface area contributed by atoms with Crippen LogP contribution in [-0.4, -0.2) is 22.4 Å². The summed E-state index contributed by atoms with van der Waals surface area (Å²) in [5, 5.41) is 7.35. The number of rotatable bonds is 5. The Morgan fingerprint density at radius 1 is 1.47 bits per heavy atom. The third-order valence-electron chi connectivity index (χ3n) is 2.68. The molecule has 1 heterocycles. The van der Waals surface area contributed by atoms with Crippen LogP contribution in [0.15, 0.2) is 4.52 Å². The summed E-state index contributed by atoms with van der Waals surface area (Å²) in [5.74, 6) is 2.34. The molecule has 0 radical (unpaired) electrons. The minimum Gasteiger partial charge on any atom is -0.338 e. The molecule has 0 aliphatic heterocycles. The second-order valence-electron chi connectivity index (χ2n) is 3.90. The first kappa shape index (κ1) is 11.0. The summed E-state index contributed by atoms with van der Waals surface area (Å²) in [5.41, 5.74) is 0. The first-order chi connectivity index (χ1) is 7.38. The summed E-state index contributed by atoms with van der Waals surface area (Å²) < 4.78 is 5.14. The van der Waals surface area contributed by atoms with Gasteiger partial charge in [-0.15, -0.1) is 0 Å². The molecule has 5 heteroatoms. The van der Waals surface area contributed by atoms with Crippen molar-refractivity contribution in [3.8, 4) is 0 Å². The summed E-state index contributed by atoms with van der Waals surface area (Å²) >= 11 is 1.71. The highest BCUT2D eigenvalue weighted by Crippen LogP contribution is 2.17. The maximum Gasteiger partial charge on any atom is 0.240 e. The van der Waals surface area contributed by atoms with Crippen molar-refractivity contribution < 1.29 is 4.52 Å². The molecule has 1 aliphatic carbocycles. The molecular formula is C10H17N3OS. The number of thioether (sulfide) groups is 1. The van der Waals surface area contributed by atoms with Crippen LogP contribution in [0.2, 0.25) is 0 Å². The molecule has 0 atom stereocenters. The Morgan fingerprint density at radius 3 is 3.00 bits per heavy atom. The van der Waals surface area contributed by atoms with Crippen molar-refractivity contribution in [2.24, 2.45) is 0 Å². The summed E-state index contributed by atoms with van der Waals surface area (Å²) in [4.78, 5) is 4.30. The quantitative estimate of drug-likeness (QED) is 0.833. The topological polar surface area (TPSA) is 51.0 Å². The van der Waals surface area contributed by atoms with Crippen LogP contribution >= 0.6 is 11.8 Å². The molecule has 1 aromatic heterocycles. The van der Waals surface area contributed by atoms with Gasteiger partial charge < -0.3 is 9.84 Å². The van der Waals surface area contributed by atoms with E-state index in [4.69, 9.17) is 4.52 Å². The number of aromatic nitrogens is 2. The molecule has 1 aliphatic rings. The lowest BCUT2D eigenvalue weighted by atomic mass is 10.2. The molecule has 2 rings (SSSR count). The minimum atomic E-state index is 0.654. The van der Waals surface area contributed by atoms with Crippen molar-refractivity contribution in [3.63, 3.8) is 0 Å². The molecule has 0 unspecified atom stereocenters. The van der Waals surface area contributed by atoms with E-state index in [0.717, 1.165) is 11.6 Å². The fourth-order valence-corrected chi connectivity index (χ4v) is 2.29. The van der Waals surface area contributed by atoms with Gasteiger partial charge in [-0.05, 0) is 19.1 Å². The lowest BCUT2D eigenvalue weighted by Crippen LogP contribution is -2.25. The smallest absolute Gasteiger partial charge is 0.240 e. The minimum absolute atomic E-state index is 0.654. The highest BCUT2D eigenvalue weighted by Gasteiger charge is 2.15. The van der Waals surface area contributed by atoms with E-state index in [0.29, 0.717) is 18.5 Å². The summed E-state index contributed by atoms with van der Waals surface area (Å²) in [7, 11) is 0. The van der Waals surface area contributed by atoms with Gasteiger partial charge in [-0.1, -0.05) is 18.0 Å². The van der Waals surface area contributed by atoms with Crippen LogP contribution < -0.4 is 5.32 Å². The van der Waals surface area contributed by atoms with Gasteiger partial charge in [0.1, 0.15) is 0 Å². The lowest BCUT2D eigenvalue weighted by Gasteiger charge is -2.08. The Hall–Kier alpha value is -0.550. The van der Waals surface area contributed by atoms with Crippen LogP contribution in [0.1, 0.15) is 37.4 Å². The molecule has 0 amide bonds. The van der Waals surface area contributed by atoms with Crippen LogP contribution in [0.3, 0.4) is 0 Å². The van der Waals surface area contributed by atoms with Gasteiger partial charge in [-0.25, -0.2) is 0 Å². The fraction of sp³-hybridized carbons (Fsp3) is 0.800.